The van der Waals surface area contributed by atoms with E-state index < -0.39 is 6.10 Å². The molecule has 2 aromatic rings. The van der Waals surface area contributed by atoms with Crippen LogP contribution in [0.4, 0.5) is 4.39 Å². The second kappa shape index (κ2) is 6.64. The molecule has 0 radical (unpaired) electrons. The lowest BCUT2D eigenvalue weighted by molar-refractivity contribution is 0.175. The first-order chi connectivity index (χ1) is 9.08. The molecule has 2 aromatic carbocycles. The Morgan fingerprint density at radius 2 is 1.58 bits per heavy atom. The second-order valence-corrected chi connectivity index (χ2v) is 6.01. The Bertz CT molecular complexity index is 572. The monoisotopic (exact) mass is 386 g/mol. The predicted octanol–water partition coefficient (Wildman–Crippen LogP) is 4.50. The molecule has 0 saturated carbocycles. The summed E-state index contributed by atoms with van der Waals surface area (Å²) in [6, 6.07) is 12.6. The number of halogens is 3. The van der Waals surface area contributed by atoms with Gasteiger partial charge >= 0.3 is 0 Å². The van der Waals surface area contributed by atoms with Gasteiger partial charge in [-0.25, -0.2) is 4.39 Å². The SMILES string of the molecule is OC(Cc1ccccc1Br)Cc1cccc(F)c1Br. The van der Waals surface area contributed by atoms with E-state index in [9.17, 15) is 9.50 Å². The fourth-order valence-electron chi connectivity index (χ4n) is 1.95. The standard InChI is InChI=1S/C15H13Br2FO/c16-13-6-2-1-4-10(13)8-12(19)9-11-5-3-7-14(18)15(11)17/h1-7,12,19H,8-9H2. The van der Waals surface area contributed by atoms with Gasteiger partial charge in [-0.2, -0.15) is 0 Å². The van der Waals surface area contributed by atoms with Gasteiger partial charge in [0, 0.05) is 4.47 Å². The van der Waals surface area contributed by atoms with Crippen LogP contribution in [-0.2, 0) is 12.8 Å². The minimum atomic E-state index is -0.545. The van der Waals surface area contributed by atoms with Gasteiger partial charge in [0.05, 0.1) is 10.6 Å². The number of hydrogen-bond donors (Lipinski definition) is 1. The van der Waals surface area contributed by atoms with Crippen LogP contribution in [0.15, 0.2) is 51.4 Å². The second-order valence-electron chi connectivity index (χ2n) is 4.37. The van der Waals surface area contributed by atoms with Gasteiger partial charge < -0.3 is 5.11 Å². The highest BCUT2D eigenvalue weighted by molar-refractivity contribution is 9.10. The third kappa shape index (κ3) is 3.88. The molecular formula is C15H13Br2FO. The molecule has 100 valence electrons. The molecule has 0 aromatic heterocycles. The van der Waals surface area contributed by atoms with Gasteiger partial charge in [0.25, 0.3) is 0 Å². The lowest BCUT2D eigenvalue weighted by Gasteiger charge is -2.13. The van der Waals surface area contributed by atoms with E-state index in [1.807, 2.05) is 30.3 Å². The van der Waals surface area contributed by atoms with Crippen molar-refractivity contribution in [3.63, 3.8) is 0 Å². The van der Waals surface area contributed by atoms with Crippen LogP contribution in [0, 0.1) is 5.82 Å². The van der Waals surface area contributed by atoms with Gasteiger partial charge in [-0.05, 0) is 52.0 Å². The maximum Gasteiger partial charge on any atom is 0.137 e. The van der Waals surface area contributed by atoms with Gasteiger partial charge in [-0.15, -0.1) is 0 Å². The van der Waals surface area contributed by atoms with Gasteiger partial charge in [0.1, 0.15) is 5.82 Å². The molecule has 1 unspecified atom stereocenters. The van der Waals surface area contributed by atoms with E-state index in [1.54, 1.807) is 6.07 Å². The fraction of sp³-hybridized carbons (Fsp3) is 0.200. The highest BCUT2D eigenvalue weighted by Crippen LogP contribution is 2.23. The van der Waals surface area contributed by atoms with Crippen LogP contribution < -0.4 is 0 Å². The lowest BCUT2D eigenvalue weighted by Crippen LogP contribution is -2.14. The summed E-state index contributed by atoms with van der Waals surface area (Å²) in [5.74, 6) is -0.300. The highest BCUT2D eigenvalue weighted by atomic mass is 79.9. The van der Waals surface area contributed by atoms with Crippen molar-refractivity contribution in [2.24, 2.45) is 0 Å². The first kappa shape index (κ1) is 14.7. The molecule has 1 atom stereocenters. The smallest absolute Gasteiger partial charge is 0.137 e. The highest BCUT2D eigenvalue weighted by Gasteiger charge is 2.12. The van der Waals surface area contributed by atoms with Crippen molar-refractivity contribution in [1.82, 2.24) is 0 Å². The van der Waals surface area contributed by atoms with Crippen molar-refractivity contribution in [3.05, 3.63) is 68.4 Å². The predicted molar refractivity (Wildman–Crippen MR) is 81.7 cm³/mol. The number of benzene rings is 2. The third-order valence-corrected chi connectivity index (χ3v) is 4.56. The Morgan fingerprint density at radius 3 is 2.32 bits per heavy atom. The summed E-state index contributed by atoms with van der Waals surface area (Å²) >= 11 is 6.67. The summed E-state index contributed by atoms with van der Waals surface area (Å²) in [6.07, 6.45) is 0.404. The summed E-state index contributed by atoms with van der Waals surface area (Å²) in [5, 5.41) is 10.1. The van der Waals surface area contributed by atoms with Crippen LogP contribution in [0.2, 0.25) is 0 Å². The summed E-state index contributed by atoms with van der Waals surface area (Å²) < 4.78 is 14.8. The zero-order valence-electron chi connectivity index (χ0n) is 10.1. The topological polar surface area (TPSA) is 20.2 Å². The zero-order valence-corrected chi connectivity index (χ0v) is 13.3. The Morgan fingerprint density at radius 1 is 0.947 bits per heavy atom. The summed E-state index contributed by atoms with van der Waals surface area (Å²) in [5.41, 5.74) is 1.82. The molecule has 0 spiro atoms. The Hall–Kier alpha value is -0.710. The number of rotatable bonds is 4. The van der Waals surface area contributed by atoms with Crippen molar-refractivity contribution in [1.29, 1.82) is 0 Å². The maximum absolute atomic E-state index is 13.4. The van der Waals surface area contributed by atoms with Gasteiger partial charge in [0.2, 0.25) is 0 Å². The van der Waals surface area contributed by atoms with E-state index in [1.165, 1.54) is 6.07 Å². The third-order valence-electron chi connectivity index (χ3n) is 2.90. The van der Waals surface area contributed by atoms with Crippen molar-refractivity contribution < 1.29 is 9.50 Å². The molecule has 4 heteroatoms. The van der Waals surface area contributed by atoms with Crippen molar-refractivity contribution >= 4 is 31.9 Å². The van der Waals surface area contributed by atoms with E-state index in [-0.39, 0.29) is 5.82 Å². The summed E-state index contributed by atoms with van der Waals surface area (Å²) in [7, 11) is 0. The lowest BCUT2D eigenvalue weighted by atomic mass is 10.0. The van der Waals surface area contributed by atoms with E-state index in [0.717, 1.165) is 15.6 Å². The molecule has 0 saturated heterocycles. The quantitative estimate of drug-likeness (QED) is 0.818. The van der Waals surface area contributed by atoms with Crippen molar-refractivity contribution in [2.45, 2.75) is 18.9 Å². The largest absolute Gasteiger partial charge is 0.392 e. The van der Waals surface area contributed by atoms with Crippen molar-refractivity contribution in [3.8, 4) is 0 Å². The molecule has 1 nitrogen and oxygen atoms in total. The molecule has 19 heavy (non-hydrogen) atoms. The van der Waals surface area contributed by atoms with Crippen LogP contribution in [0.5, 0.6) is 0 Å². The molecule has 1 N–H and O–H groups in total. The van der Waals surface area contributed by atoms with Crippen molar-refractivity contribution in [2.75, 3.05) is 0 Å². The van der Waals surface area contributed by atoms with E-state index in [2.05, 4.69) is 31.9 Å². The van der Waals surface area contributed by atoms with Crippen LogP contribution in [-0.4, -0.2) is 11.2 Å². The van der Waals surface area contributed by atoms with Gasteiger partial charge in [-0.1, -0.05) is 46.3 Å². The van der Waals surface area contributed by atoms with Crippen LogP contribution in [0.1, 0.15) is 11.1 Å². The average molecular weight is 388 g/mol. The molecule has 0 aliphatic rings. The van der Waals surface area contributed by atoms with Gasteiger partial charge in [-0.3, -0.25) is 0 Å². The molecule has 0 aliphatic heterocycles. The Kier molecular flexibility index (Phi) is 5.13. The first-order valence-electron chi connectivity index (χ1n) is 5.92. The summed E-state index contributed by atoms with van der Waals surface area (Å²) in [4.78, 5) is 0. The molecule has 0 amide bonds. The summed E-state index contributed by atoms with van der Waals surface area (Å²) in [6.45, 7) is 0. The molecule has 0 heterocycles. The zero-order chi connectivity index (χ0) is 13.8. The van der Waals surface area contributed by atoms with Gasteiger partial charge in [0.15, 0.2) is 0 Å². The Labute approximate surface area is 128 Å². The first-order valence-corrected chi connectivity index (χ1v) is 7.51. The van der Waals surface area contributed by atoms with Crippen LogP contribution in [0.25, 0.3) is 0 Å². The minimum absolute atomic E-state index is 0.300. The number of hydrogen-bond acceptors (Lipinski definition) is 1. The van der Waals surface area contributed by atoms with Crippen LogP contribution in [0.3, 0.4) is 0 Å². The molecule has 2 rings (SSSR count). The molecular weight excluding hydrogens is 375 g/mol. The molecule has 0 aliphatic carbocycles. The normalized spacial score (nSPS) is 12.4. The number of aliphatic hydroxyl groups excluding tert-OH is 1. The van der Waals surface area contributed by atoms with E-state index in [4.69, 9.17) is 0 Å². The van der Waals surface area contributed by atoms with Crippen LogP contribution >= 0.6 is 31.9 Å². The molecule has 0 bridgehead atoms. The molecule has 0 fully saturated rings. The maximum atomic E-state index is 13.4. The number of aliphatic hydroxyl groups is 1. The van der Waals surface area contributed by atoms with E-state index >= 15 is 0 Å². The Balaban J connectivity index is 2.08. The van der Waals surface area contributed by atoms with E-state index in [0.29, 0.717) is 17.3 Å². The minimum Gasteiger partial charge on any atom is -0.392 e. The fourth-order valence-corrected chi connectivity index (χ4v) is 2.82. The average Bonchev–Trinajstić information content (AvgIpc) is 2.38.